The van der Waals surface area contributed by atoms with E-state index in [1.165, 1.54) is 11.8 Å². The molecule has 1 aromatic carbocycles. The van der Waals surface area contributed by atoms with Crippen LogP contribution >= 0.6 is 0 Å². The Morgan fingerprint density at radius 1 is 1.26 bits per heavy atom. The molecule has 1 fully saturated rings. The summed E-state index contributed by atoms with van der Waals surface area (Å²) in [5, 5.41) is 2.43. The van der Waals surface area contributed by atoms with Gasteiger partial charge in [0.15, 0.2) is 0 Å². The lowest BCUT2D eigenvalue weighted by atomic mass is 10.3. The number of para-hydroxylation sites is 1. The number of carbonyl (C=O) groups excluding carboxylic acids is 3. The Kier molecular flexibility index (Phi) is 3.79. The first-order valence-corrected chi connectivity index (χ1v) is 5.95. The molecule has 1 saturated heterocycles. The molecule has 19 heavy (non-hydrogen) atoms. The van der Waals surface area contributed by atoms with E-state index in [0.717, 1.165) is 5.69 Å². The van der Waals surface area contributed by atoms with Crippen LogP contribution in [-0.4, -0.2) is 42.4 Å². The van der Waals surface area contributed by atoms with Gasteiger partial charge in [0.1, 0.15) is 13.2 Å². The van der Waals surface area contributed by atoms with Crippen LogP contribution in [0.4, 0.5) is 5.69 Å². The van der Waals surface area contributed by atoms with Gasteiger partial charge in [-0.05, 0) is 12.1 Å². The maximum absolute atomic E-state index is 11.9. The molecule has 1 N–H and O–H groups in total. The smallest absolute Gasteiger partial charge is 0.248 e. The molecule has 0 aromatic heterocycles. The number of carbonyl (C=O) groups is 3. The highest BCUT2D eigenvalue weighted by Crippen LogP contribution is 2.18. The molecule has 1 aromatic rings. The van der Waals surface area contributed by atoms with Crippen LogP contribution in [0.3, 0.4) is 0 Å². The van der Waals surface area contributed by atoms with Crippen molar-refractivity contribution < 1.29 is 14.4 Å². The van der Waals surface area contributed by atoms with Gasteiger partial charge in [-0.25, -0.2) is 0 Å². The van der Waals surface area contributed by atoms with Gasteiger partial charge < -0.3 is 10.2 Å². The fourth-order valence-corrected chi connectivity index (χ4v) is 1.86. The van der Waals surface area contributed by atoms with Gasteiger partial charge in [-0.15, -0.1) is 0 Å². The lowest BCUT2D eigenvalue weighted by Gasteiger charge is -2.18. The van der Waals surface area contributed by atoms with Crippen molar-refractivity contribution in [1.29, 1.82) is 0 Å². The Balaban J connectivity index is 1.99. The summed E-state index contributed by atoms with van der Waals surface area (Å²) < 4.78 is 0. The molecule has 3 amide bonds. The predicted molar refractivity (Wildman–Crippen MR) is 69.2 cm³/mol. The van der Waals surface area contributed by atoms with E-state index in [1.807, 2.05) is 30.3 Å². The van der Waals surface area contributed by atoms with Crippen molar-refractivity contribution >= 4 is 23.4 Å². The second-order valence-corrected chi connectivity index (χ2v) is 4.30. The van der Waals surface area contributed by atoms with Gasteiger partial charge in [0.2, 0.25) is 17.7 Å². The van der Waals surface area contributed by atoms with E-state index in [9.17, 15) is 14.4 Å². The number of anilines is 1. The van der Waals surface area contributed by atoms with Crippen molar-refractivity contribution in [2.24, 2.45) is 0 Å². The number of nitrogens with one attached hydrogen (secondary N) is 1. The zero-order chi connectivity index (χ0) is 13.8. The van der Waals surface area contributed by atoms with Gasteiger partial charge in [-0.3, -0.25) is 19.3 Å². The van der Waals surface area contributed by atoms with Crippen LogP contribution in [0.15, 0.2) is 30.3 Å². The van der Waals surface area contributed by atoms with E-state index >= 15 is 0 Å². The highest BCUT2D eigenvalue weighted by molar-refractivity contribution is 6.00. The molecule has 1 heterocycles. The average Bonchev–Trinajstić information content (AvgIpc) is 2.79. The molecule has 0 radical (unpaired) electrons. The topological polar surface area (TPSA) is 69.7 Å². The summed E-state index contributed by atoms with van der Waals surface area (Å²) in [6.45, 7) is 1.54. The van der Waals surface area contributed by atoms with E-state index in [4.69, 9.17) is 0 Å². The summed E-state index contributed by atoms with van der Waals surface area (Å²) in [7, 11) is 0. The molecule has 2 rings (SSSR count). The van der Waals surface area contributed by atoms with Crippen LogP contribution in [0, 0.1) is 0 Å². The second kappa shape index (κ2) is 5.51. The predicted octanol–water partition coefficient (Wildman–Crippen LogP) is -0.0446. The second-order valence-electron chi connectivity index (χ2n) is 4.30. The highest BCUT2D eigenvalue weighted by Gasteiger charge is 2.31. The zero-order valence-corrected chi connectivity index (χ0v) is 10.6. The molecule has 0 aliphatic carbocycles. The van der Waals surface area contributed by atoms with E-state index in [1.54, 1.807) is 4.90 Å². The Morgan fingerprint density at radius 2 is 1.95 bits per heavy atom. The van der Waals surface area contributed by atoms with Gasteiger partial charge in [-0.2, -0.15) is 0 Å². The molecule has 0 saturated carbocycles. The molecule has 6 heteroatoms. The Morgan fingerprint density at radius 3 is 2.58 bits per heavy atom. The number of amides is 3. The molecule has 100 valence electrons. The Hall–Kier alpha value is -2.37. The number of hydrogen-bond donors (Lipinski definition) is 1. The zero-order valence-electron chi connectivity index (χ0n) is 10.6. The number of nitrogens with zero attached hydrogens (tertiary/aromatic N) is 2. The Labute approximate surface area is 111 Å². The summed E-state index contributed by atoms with van der Waals surface area (Å²) in [4.78, 5) is 37.4. The van der Waals surface area contributed by atoms with Gasteiger partial charge in [0.25, 0.3) is 0 Å². The van der Waals surface area contributed by atoms with Crippen molar-refractivity contribution in [3.63, 3.8) is 0 Å². The number of rotatable bonds is 3. The SMILES string of the molecule is CC(=O)NCC(=O)N1CC(=O)N(c2ccccc2)C1. The fourth-order valence-electron chi connectivity index (χ4n) is 1.86. The molecule has 6 nitrogen and oxygen atoms in total. The molecule has 0 atom stereocenters. The van der Waals surface area contributed by atoms with Crippen LogP contribution in [0.1, 0.15) is 6.92 Å². The van der Waals surface area contributed by atoms with Crippen LogP contribution in [0.25, 0.3) is 0 Å². The first-order chi connectivity index (χ1) is 9.08. The van der Waals surface area contributed by atoms with Crippen molar-refractivity contribution in [2.45, 2.75) is 6.92 Å². The monoisotopic (exact) mass is 261 g/mol. The van der Waals surface area contributed by atoms with E-state index in [-0.39, 0.29) is 37.5 Å². The van der Waals surface area contributed by atoms with Crippen LogP contribution < -0.4 is 10.2 Å². The van der Waals surface area contributed by atoms with Crippen LogP contribution in [0.5, 0.6) is 0 Å². The Bertz CT molecular complexity index is 501. The lowest BCUT2D eigenvalue weighted by molar-refractivity contribution is -0.132. The molecule has 0 bridgehead atoms. The minimum absolute atomic E-state index is 0.0489. The normalized spacial score (nSPS) is 14.7. The third kappa shape index (κ3) is 3.09. The van der Waals surface area contributed by atoms with Crippen molar-refractivity contribution in [2.75, 3.05) is 24.7 Å². The molecule has 0 spiro atoms. The summed E-state index contributed by atoms with van der Waals surface area (Å²) >= 11 is 0. The summed E-state index contributed by atoms with van der Waals surface area (Å²) in [6, 6.07) is 9.18. The highest BCUT2D eigenvalue weighted by atomic mass is 16.2. The standard InChI is InChI=1S/C13H15N3O3/c1-10(17)14-7-12(18)15-8-13(19)16(9-15)11-5-3-2-4-6-11/h2-6H,7-9H2,1H3,(H,14,17). The van der Waals surface area contributed by atoms with E-state index in [2.05, 4.69) is 5.32 Å². The summed E-state index contributed by atoms with van der Waals surface area (Å²) in [5.41, 5.74) is 0.766. The maximum atomic E-state index is 11.9. The fraction of sp³-hybridized carbons (Fsp3) is 0.308. The van der Waals surface area contributed by atoms with E-state index in [0.29, 0.717) is 0 Å². The van der Waals surface area contributed by atoms with Gasteiger partial charge in [-0.1, -0.05) is 18.2 Å². The van der Waals surface area contributed by atoms with Crippen molar-refractivity contribution in [3.8, 4) is 0 Å². The van der Waals surface area contributed by atoms with Gasteiger partial charge in [0.05, 0.1) is 6.54 Å². The summed E-state index contributed by atoms with van der Waals surface area (Å²) in [5.74, 6) is -0.650. The van der Waals surface area contributed by atoms with Crippen molar-refractivity contribution in [1.82, 2.24) is 10.2 Å². The lowest BCUT2D eigenvalue weighted by Crippen LogP contribution is -2.39. The van der Waals surface area contributed by atoms with E-state index < -0.39 is 0 Å². The first-order valence-electron chi connectivity index (χ1n) is 5.95. The third-order valence-electron chi connectivity index (χ3n) is 2.85. The minimum atomic E-state index is -0.265. The third-order valence-corrected chi connectivity index (χ3v) is 2.85. The van der Waals surface area contributed by atoms with Crippen LogP contribution in [-0.2, 0) is 14.4 Å². The number of hydrogen-bond acceptors (Lipinski definition) is 3. The average molecular weight is 261 g/mol. The quantitative estimate of drug-likeness (QED) is 0.829. The summed E-state index contributed by atoms with van der Waals surface area (Å²) in [6.07, 6.45) is 0. The molecule has 0 unspecified atom stereocenters. The number of benzene rings is 1. The maximum Gasteiger partial charge on any atom is 0.248 e. The minimum Gasteiger partial charge on any atom is -0.347 e. The van der Waals surface area contributed by atoms with Gasteiger partial charge >= 0.3 is 0 Å². The molecular weight excluding hydrogens is 246 g/mol. The molecule has 1 aliphatic rings. The molecular formula is C13H15N3O3. The van der Waals surface area contributed by atoms with Crippen LogP contribution in [0.2, 0.25) is 0 Å². The first kappa shape index (κ1) is 13.1. The van der Waals surface area contributed by atoms with Gasteiger partial charge in [0, 0.05) is 12.6 Å². The largest absolute Gasteiger partial charge is 0.347 e. The van der Waals surface area contributed by atoms with Crippen molar-refractivity contribution in [3.05, 3.63) is 30.3 Å². The molecule has 1 aliphatic heterocycles.